The molecule has 2 aromatic carbocycles. The molecule has 0 aliphatic heterocycles. The average molecular weight is 362 g/mol. The second-order valence-electron chi connectivity index (χ2n) is 5.41. The molecule has 0 aromatic heterocycles. The van der Waals surface area contributed by atoms with Gasteiger partial charge in [0.1, 0.15) is 5.82 Å². The molecule has 0 saturated heterocycles. The lowest BCUT2D eigenvalue weighted by atomic mass is 10.1. The van der Waals surface area contributed by atoms with Gasteiger partial charge in [-0.25, -0.2) is 9.38 Å². The maximum Gasteiger partial charge on any atom is 0.193 e. The third-order valence-corrected chi connectivity index (χ3v) is 4.43. The highest BCUT2D eigenvalue weighted by molar-refractivity contribution is 9.10. The number of nitrogens with one attached hydrogen (secondary N) is 1. The van der Waals surface area contributed by atoms with Crippen LogP contribution in [0, 0.1) is 5.82 Å². The number of fused-ring (bicyclic) bond motifs is 1. The number of halogens is 2. The van der Waals surface area contributed by atoms with Gasteiger partial charge in [0.15, 0.2) is 5.96 Å². The first-order valence-electron chi connectivity index (χ1n) is 7.24. The Hall–Kier alpha value is -1.88. The van der Waals surface area contributed by atoms with Crippen molar-refractivity contribution >= 4 is 27.6 Å². The summed E-state index contributed by atoms with van der Waals surface area (Å²) in [6, 6.07) is 11.2. The zero-order valence-electron chi connectivity index (χ0n) is 12.1. The van der Waals surface area contributed by atoms with Crippen molar-refractivity contribution < 1.29 is 4.39 Å². The van der Waals surface area contributed by atoms with Crippen LogP contribution in [0.1, 0.15) is 23.1 Å². The molecular weight excluding hydrogens is 345 g/mol. The predicted octanol–water partition coefficient (Wildman–Crippen LogP) is 4.00. The monoisotopic (exact) mass is 361 g/mol. The Morgan fingerprint density at radius 2 is 2.00 bits per heavy atom. The molecule has 0 heterocycles. The number of aliphatic imine (C=N–C) groups is 1. The van der Waals surface area contributed by atoms with E-state index in [1.54, 1.807) is 6.07 Å². The van der Waals surface area contributed by atoms with Crippen LogP contribution in [-0.2, 0) is 19.4 Å². The van der Waals surface area contributed by atoms with Gasteiger partial charge in [0.2, 0.25) is 0 Å². The maximum atomic E-state index is 13.4. The summed E-state index contributed by atoms with van der Waals surface area (Å²) >= 11 is 3.13. The molecule has 3 rings (SSSR count). The number of hydrogen-bond donors (Lipinski definition) is 2. The normalized spacial score (nSPS) is 14.0. The minimum atomic E-state index is -0.294. The molecule has 0 unspecified atom stereocenters. The highest BCUT2D eigenvalue weighted by Crippen LogP contribution is 2.24. The average Bonchev–Trinajstić information content (AvgIpc) is 2.96. The SMILES string of the molecule is NC(=NCc1ccc(Br)c(F)c1)Nc1ccc2c(c1)CCC2. The van der Waals surface area contributed by atoms with Gasteiger partial charge in [0, 0.05) is 5.69 Å². The number of rotatable bonds is 3. The van der Waals surface area contributed by atoms with E-state index < -0.39 is 0 Å². The predicted molar refractivity (Wildman–Crippen MR) is 91.5 cm³/mol. The van der Waals surface area contributed by atoms with Gasteiger partial charge < -0.3 is 11.1 Å². The summed E-state index contributed by atoms with van der Waals surface area (Å²) < 4.78 is 13.9. The van der Waals surface area contributed by atoms with Crippen molar-refractivity contribution in [3.63, 3.8) is 0 Å². The number of anilines is 1. The van der Waals surface area contributed by atoms with Crippen LogP contribution in [0.15, 0.2) is 45.9 Å². The molecule has 1 aliphatic rings. The number of hydrogen-bond acceptors (Lipinski definition) is 1. The number of nitrogens with zero attached hydrogens (tertiary/aromatic N) is 1. The molecule has 0 spiro atoms. The third-order valence-electron chi connectivity index (χ3n) is 3.79. The van der Waals surface area contributed by atoms with Gasteiger partial charge in [0.05, 0.1) is 11.0 Å². The van der Waals surface area contributed by atoms with Gasteiger partial charge in [-0.2, -0.15) is 0 Å². The summed E-state index contributed by atoms with van der Waals surface area (Å²) in [5.74, 6) is 0.0409. The summed E-state index contributed by atoms with van der Waals surface area (Å²) in [5, 5.41) is 3.09. The molecular formula is C17H17BrFN3. The minimum Gasteiger partial charge on any atom is -0.370 e. The van der Waals surface area contributed by atoms with Gasteiger partial charge >= 0.3 is 0 Å². The van der Waals surface area contributed by atoms with E-state index in [-0.39, 0.29) is 5.82 Å². The van der Waals surface area contributed by atoms with Crippen LogP contribution in [0.4, 0.5) is 10.1 Å². The van der Waals surface area contributed by atoms with Gasteiger partial charge in [0.25, 0.3) is 0 Å². The van der Waals surface area contributed by atoms with Crippen LogP contribution in [0.5, 0.6) is 0 Å². The van der Waals surface area contributed by atoms with Gasteiger partial charge in [-0.1, -0.05) is 12.1 Å². The van der Waals surface area contributed by atoms with E-state index in [9.17, 15) is 4.39 Å². The molecule has 3 N–H and O–H groups in total. The van der Waals surface area contributed by atoms with Crippen molar-refractivity contribution in [3.05, 3.63) is 63.4 Å². The lowest BCUT2D eigenvalue weighted by molar-refractivity contribution is 0.619. The van der Waals surface area contributed by atoms with Gasteiger partial charge in [-0.3, -0.25) is 0 Å². The van der Waals surface area contributed by atoms with Crippen molar-refractivity contribution in [2.45, 2.75) is 25.8 Å². The molecule has 1 aliphatic carbocycles. The van der Waals surface area contributed by atoms with E-state index >= 15 is 0 Å². The molecule has 0 radical (unpaired) electrons. The lowest BCUT2D eigenvalue weighted by Crippen LogP contribution is -2.22. The first-order valence-corrected chi connectivity index (χ1v) is 8.04. The summed E-state index contributed by atoms with van der Waals surface area (Å²) in [4.78, 5) is 4.26. The topological polar surface area (TPSA) is 50.4 Å². The van der Waals surface area contributed by atoms with E-state index in [1.165, 1.54) is 23.6 Å². The van der Waals surface area contributed by atoms with Crippen molar-refractivity contribution in [1.29, 1.82) is 0 Å². The fourth-order valence-electron chi connectivity index (χ4n) is 2.65. The minimum absolute atomic E-state index is 0.294. The first kappa shape index (κ1) is 15.0. The smallest absolute Gasteiger partial charge is 0.193 e. The summed E-state index contributed by atoms with van der Waals surface area (Å²) in [6.07, 6.45) is 3.51. The second-order valence-corrected chi connectivity index (χ2v) is 6.27. The van der Waals surface area contributed by atoms with Crippen LogP contribution in [0.3, 0.4) is 0 Å². The molecule has 2 aromatic rings. The lowest BCUT2D eigenvalue weighted by Gasteiger charge is -2.08. The molecule has 3 nitrogen and oxygen atoms in total. The van der Waals surface area contributed by atoms with Gasteiger partial charge in [-0.15, -0.1) is 0 Å². The number of guanidine groups is 1. The maximum absolute atomic E-state index is 13.4. The van der Waals surface area contributed by atoms with Crippen LogP contribution < -0.4 is 11.1 Å². The fraction of sp³-hybridized carbons (Fsp3) is 0.235. The second kappa shape index (κ2) is 6.48. The van der Waals surface area contributed by atoms with Crippen molar-refractivity contribution in [1.82, 2.24) is 0 Å². The Kier molecular flexibility index (Phi) is 4.43. The summed E-state index contributed by atoms with van der Waals surface area (Å²) in [6.45, 7) is 0.341. The molecule has 0 fully saturated rings. The molecule has 114 valence electrons. The Morgan fingerprint density at radius 3 is 2.82 bits per heavy atom. The van der Waals surface area contributed by atoms with Crippen molar-refractivity contribution in [3.8, 4) is 0 Å². The van der Waals surface area contributed by atoms with E-state index in [1.807, 2.05) is 12.1 Å². The Bertz CT molecular complexity index is 728. The highest BCUT2D eigenvalue weighted by Gasteiger charge is 2.10. The van der Waals surface area contributed by atoms with E-state index in [4.69, 9.17) is 5.73 Å². The van der Waals surface area contributed by atoms with E-state index in [0.29, 0.717) is 17.0 Å². The Balaban J connectivity index is 1.66. The van der Waals surface area contributed by atoms with Crippen LogP contribution >= 0.6 is 15.9 Å². The Labute approximate surface area is 137 Å². The third kappa shape index (κ3) is 3.47. The molecule has 22 heavy (non-hydrogen) atoms. The Morgan fingerprint density at radius 1 is 1.18 bits per heavy atom. The molecule has 5 heteroatoms. The van der Waals surface area contributed by atoms with Crippen LogP contribution in [0.25, 0.3) is 0 Å². The number of aryl methyl sites for hydroxylation is 2. The first-order chi connectivity index (χ1) is 10.6. The highest BCUT2D eigenvalue weighted by atomic mass is 79.9. The summed E-state index contributed by atoms with van der Waals surface area (Å²) in [5.41, 5.74) is 10.4. The molecule has 0 bridgehead atoms. The number of nitrogens with two attached hydrogens (primary N) is 1. The zero-order chi connectivity index (χ0) is 15.5. The molecule has 0 amide bonds. The van der Waals surface area contributed by atoms with E-state index in [0.717, 1.165) is 24.1 Å². The van der Waals surface area contributed by atoms with Crippen molar-refractivity contribution in [2.24, 2.45) is 10.7 Å². The summed E-state index contributed by atoms with van der Waals surface area (Å²) in [7, 11) is 0. The van der Waals surface area contributed by atoms with Crippen LogP contribution in [-0.4, -0.2) is 5.96 Å². The standard InChI is InChI=1S/C17H17BrFN3/c18-15-7-4-11(8-16(15)19)10-21-17(20)22-14-6-5-12-2-1-3-13(12)9-14/h4-9H,1-3,10H2,(H3,20,21,22). The fourth-order valence-corrected chi connectivity index (χ4v) is 2.90. The zero-order valence-corrected chi connectivity index (χ0v) is 13.7. The molecule has 0 saturated carbocycles. The quantitative estimate of drug-likeness (QED) is 0.641. The van der Waals surface area contributed by atoms with Crippen molar-refractivity contribution in [2.75, 3.05) is 5.32 Å². The van der Waals surface area contributed by atoms with Crippen LogP contribution in [0.2, 0.25) is 0 Å². The molecule has 0 atom stereocenters. The largest absolute Gasteiger partial charge is 0.370 e. The number of benzene rings is 2. The van der Waals surface area contributed by atoms with Gasteiger partial charge in [-0.05, 0) is 76.1 Å². The van der Waals surface area contributed by atoms with E-state index in [2.05, 4.69) is 38.4 Å².